The average Bonchev–Trinajstić information content (AvgIpc) is 3.08. The summed E-state index contributed by atoms with van der Waals surface area (Å²) in [5.41, 5.74) is 2.72. The third kappa shape index (κ3) is 4.66. The molecule has 4 nitrogen and oxygen atoms in total. The van der Waals surface area contributed by atoms with Crippen molar-refractivity contribution in [3.63, 3.8) is 0 Å². The van der Waals surface area contributed by atoms with Gasteiger partial charge in [0.1, 0.15) is 0 Å². The fourth-order valence-corrected chi connectivity index (χ4v) is 3.97. The van der Waals surface area contributed by atoms with Gasteiger partial charge in [-0.2, -0.15) is 0 Å². The maximum Gasteiger partial charge on any atom is 0.290 e. The Kier molecular flexibility index (Phi) is 6.52. The van der Waals surface area contributed by atoms with Crippen LogP contribution in [0.5, 0.6) is 0 Å². The number of hydrogen-bond donors (Lipinski definition) is 1. The molecule has 1 amide bonds. The lowest BCUT2D eigenvalue weighted by molar-refractivity contribution is -0.129. The lowest BCUT2D eigenvalue weighted by Gasteiger charge is -2.26. The van der Waals surface area contributed by atoms with Gasteiger partial charge in [-0.05, 0) is 41.3 Å². The number of ketones is 1. The van der Waals surface area contributed by atoms with Gasteiger partial charge in [0.05, 0.1) is 11.6 Å². The van der Waals surface area contributed by atoms with Crippen molar-refractivity contribution in [3.05, 3.63) is 124 Å². The van der Waals surface area contributed by atoms with Crippen molar-refractivity contribution in [2.75, 3.05) is 6.54 Å². The van der Waals surface area contributed by atoms with E-state index < -0.39 is 23.5 Å². The van der Waals surface area contributed by atoms with E-state index in [4.69, 9.17) is 11.6 Å². The van der Waals surface area contributed by atoms with E-state index >= 15 is 0 Å². The number of benzene rings is 3. The Morgan fingerprint density at radius 1 is 0.938 bits per heavy atom. The van der Waals surface area contributed by atoms with E-state index in [-0.39, 0.29) is 5.57 Å². The second-order valence-electron chi connectivity index (χ2n) is 7.56. The minimum Gasteiger partial charge on any atom is -0.503 e. The first-order valence-electron chi connectivity index (χ1n) is 10.4. The SMILES string of the molecule is O=C(C=Cc1ccccc1)C1=C(O)C(=O)N(CCc2ccccc2)C1c1ccc(Cl)cc1. The first-order valence-corrected chi connectivity index (χ1v) is 10.7. The molecule has 0 bridgehead atoms. The predicted octanol–water partition coefficient (Wildman–Crippen LogP) is 5.56. The molecule has 5 heteroatoms. The molecule has 160 valence electrons. The number of carbonyl (C=O) groups is 2. The standard InChI is InChI=1S/C27H22ClNO3/c28-22-14-12-21(13-15-22)25-24(23(30)16-11-19-7-3-1-4-8-19)26(31)27(32)29(25)18-17-20-9-5-2-6-10-20/h1-16,25,31H,17-18H2. The fourth-order valence-electron chi connectivity index (χ4n) is 3.85. The van der Waals surface area contributed by atoms with Crippen molar-refractivity contribution in [3.8, 4) is 0 Å². The third-order valence-corrected chi connectivity index (χ3v) is 5.72. The van der Waals surface area contributed by atoms with Crippen molar-refractivity contribution in [2.24, 2.45) is 0 Å². The second-order valence-corrected chi connectivity index (χ2v) is 8.00. The van der Waals surface area contributed by atoms with Crippen molar-refractivity contribution < 1.29 is 14.7 Å². The Morgan fingerprint density at radius 2 is 1.56 bits per heavy atom. The Hall–Kier alpha value is -3.63. The van der Waals surface area contributed by atoms with Gasteiger partial charge < -0.3 is 10.0 Å². The van der Waals surface area contributed by atoms with Gasteiger partial charge in [-0.25, -0.2) is 0 Å². The average molecular weight is 444 g/mol. The lowest BCUT2D eigenvalue weighted by Crippen LogP contribution is -2.33. The molecule has 0 saturated carbocycles. The summed E-state index contributed by atoms with van der Waals surface area (Å²) in [7, 11) is 0. The summed E-state index contributed by atoms with van der Waals surface area (Å²) in [6.45, 7) is 0.360. The zero-order valence-electron chi connectivity index (χ0n) is 17.3. The summed E-state index contributed by atoms with van der Waals surface area (Å²) >= 11 is 6.05. The summed E-state index contributed by atoms with van der Waals surface area (Å²) in [6.07, 6.45) is 3.68. The van der Waals surface area contributed by atoms with Crippen LogP contribution in [0.15, 0.2) is 102 Å². The molecule has 1 aliphatic heterocycles. The van der Waals surface area contributed by atoms with E-state index in [1.165, 1.54) is 6.08 Å². The second kappa shape index (κ2) is 9.67. The summed E-state index contributed by atoms with van der Waals surface area (Å²) in [5, 5.41) is 11.2. The van der Waals surface area contributed by atoms with Crippen LogP contribution in [0.3, 0.4) is 0 Å². The van der Waals surface area contributed by atoms with Gasteiger partial charge >= 0.3 is 0 Å². The summed E-state index contributed by atoms with van der Waals surface area (Å²) in [5.74, 6) is -1.44. The normalized spacial score (nSPS) is 16.2. The molecule has 4 rings (SSSR count). The monoisotopic (exact) mass is 443 g/mol. The molecular weight excluding hydrogens is 422 g/mol. The zero-order valence-corrected chi connectivity index (χ0v) is 18.1. The molecule has 1 heterocycles. The number of aliphatic hydroxyl groups excluding tert-OH is 1. The van der Waals surface area contributed by atoms with E-state index in [1.807, 2.05) is 60.7 Å². The first-order chi connectivity index (χ1) is 15.5. The maximum atomic E-state index is 13.1. The van der Waals surface area contributed by atoms with Gasteiger partial charge in [-0.3, -0.25) is 9.59 Å². The fraction of sp³-hybridized carbons (Fsp3) is 0.111. The zero-order chi connectivity index (χ0) is 22.5. The molecule has 1 N–H and O–H groups in total. The number of aliphatic hydroxyl groups is 1. The summed E-state index contributed by atoms with van der Waals surface area (Å²) in [6, 6.07) is 25.5. The van der Waals surface area contributed by atoms with Gasteiger partial charge in [0, 0.05) is 11.6 Å². The highest BCUT2D eigenvalue weighted by Gasteiger charge is 2.42. The van der Waals surface area contributed by atoms with Gasteiger partial charge in [0.15, 0.2) is 11.5 Å². The van der Waals surface area contributed by atoms with Gasteiger partial charge in [-0.15, -0.1) is 0 Å². The number of rotatable bonds is 7. The Morgan fingerprint density at radius 3 is 2.22 bits per heavy atom. The molecule has 0 radical (unpaired) electrons. The van der Waals surface area contributed by atoms with Crippen LogP contribution in [-0.4, -0.2) is 28.2 Å². The number of carbonyl (C=O) groups excluding carboxylic acids is 2. The van der Waals surface area contributed by atoms with Crippen LogP contribution in [0, 0.1) is 0 Å². The van der Waals surface area contributed by atoms with Crippen LogP contribution in [-0.2, 0) is 16.0 Å². The highest BCUT2D eigenvalue weighted by atomic mass is 35.5. The largest absolute Gasteiger partial charge is 0.503 e. The lowest BCUT2D eigenvalue weighted by atomic mass is 9.95. The minimum absolute atomic E-state index is 0.0811. The van der Waals surface area contributed by atoms with Crippen LogP contribution >= 0.6 is 11.6 Å². The number of nitrogens with zero attached hydrogens (tertiary/aromatic N) is 1. The molecule has 1 unspecified atom stereocenters. The van der Waals surface area contributed by atoms with E-state index in [2.05, 4.69) is 0 Å². The molecule has 0 aromatic heterocycles. The quantitative estimate of drug-likeness (QED) is 0.486. The molecule has 0 aliphatic carbocycles. The molecule has 0 spiro atoms. The molecule has 1 atom stereocenters. The summed E-state index contributed by atoms with van der Waals surface area (Å²) in [4.78, 5) is 27.7. The Balaban J connectivity index is 1.66. The Labute approximate surface area is 192 Å². The minimum atomic E-state index is -0.684. The van der Waals surface area contributed by atoms with Gasteiger partial charge in [-0.1, -0.05) is 90.5 Å². The van der Waals surface area contributed by atoms with E-state index in [0.717, 1.165) is 16.7 Å². The van der Waals surface area contributed by atoms with Crippen molar-refractivity contribution in [1.29, 1.82) is 0 Å². The molecule has 32 heavy (non-hydrogen) atoms. The van der Waals surface area contributed by atoms with Crippen molar-refractivity contribution in [1.82, 2.24) is 4.90 Å². The van der Waals surface area contributed by atoms with Crippen LogP contribution < -0.4 is 0 Å². The van der Waals surface area contributed by atoms with E-state index in [1.54, 1.807) is 35.2 Å². The van der Waals surface area contributed by atoms with Crippen LogP contribution in [0.4, 0.5) is 0 Å². The predicted molar refractivity (Wildman–Crippen MR) is 126 cm³/mol. The molecule has 1 aliphatic rings. The Bertz CT molecular complexity index is 1170. The number of amides is 1. The van der Waals surface area contributed by atoms with Crippen LogP contribution in [0.25, 0.3) is 6.08 Å². The third-order valence-electron chi connectivity index (χ3n) is 5.47. The molecular formula is C27H22ClNO3. The smallest absolute Gasteiger partial charge is 0.290 e. The number of halogens is 1. The topological polar surface area (TPSA) is 57.6 Å². The van der Waals surface area contributed by atoms with E-state index in [9.17, 15) is 14.7 Å². The first kappa shape index (κ1) is 21.6. The molecule has 3 aromatic carbocycles. The molecule has 0 fully saturated rings. The van der Waals surface area contributed by atoms with Crippen molar-refractivity contribution >= 4 is 29.4 Å². The molecule has 0 saturated heterocycles. The van der Waals surface area contributed by atoms with Gasteiger partial charge in [0.2, 0.25) is 0 Å². The van der Waals surface area contributed by atoms with E-state index in [0.29, 0.717) is 18.0 Å². The van der Waals surface area contributed by atoms with Crippen molar-refractivity contribution in [2.45, 2.75) is 12.5 Å². The maximum absolute atomic E-state index is 13.1. The highest BCUT2D eigenvalue weighted by molar-refractivity contribution is 6.30. The molecule has 3 aromatic rings. The summed E-state index contributed by atoms with van der Waals surface area (Å²) < 4.78 is 0. The van der Waals surface area contributed by atoms with Gasteiger partial charge in [0.25, 0.3) is 5.91 Å². The van der Waals surface area contributed by atoms with Crippen LogP contribution in [0.1, 0.15) is 22.7 Å². The highest BCUT2D eigenvalue weighted by Crippen LogP contribution is 2.38. The number of hydrogen-bond acceptors (Lipinski definition) is 3. The van der Waals surface area contributed by atoms with Crippen LogP contribution in [0.2, 0.25) is 5.02 Å². The number of allylic oxidation sites excluding steroid dienone is 1.